The first kappa shape index (κ1) is 17.6. The van der Waals surface area contributed by atoms with Crippen LogP contribution in [0.2, 0.25) is 0 Å². The summed E-state index contributed by atoms with van der Waals surface area (Å²) < 4.78 is 0. The van der Waals surface area contributed by atoms with E-state index in [0.717, 1.165) is 30.8 Å². The van der Waals surface area contributed by atoms with Gasteiger partial charge in [0.25, 0.3) is 5.91 Å². The maximum Gasteiger partial charge on any atom is 0.270 e. The van der Waals surface area contributed by atoms with Gasteiger partial charge < -0.3 is 10.6 Å². The fourth-order valence-electron chi connectivity index (χ4n) is 2.57. The van der Waals surface area contributed by atoms with Gasteiger partial charge >= 0.3 is 0 Å². The zero-order chi connectivity index (χ0) is 18.0. The van der Waals surface area contributed by atoms with E-state index in [0.29, 0.717) is 12.2 Å². The molecule has 0 saturated heterocycles. The van der Waals surface area contributed by atoms with Crippen molar-refractivity contribution in [3.05, 3.63) is 90.0 Å². The van der Waals surface area contributed by atoms with E-state index in [1.807, 2.05) is 30.3 Å². The summed E-state index contributed by atoms with van der Waals surface area (Å²) in [4.78, 5) is 20.5. The molecule has 0 radical (unpaired) electrons. The third kappa shape index (κ3) is 5.41. The van der Waals surface area contributed by atoms with E-state index >= 15 is 0 Å². The molecule has 0 aliphatic carbocycles. The second-order valence-electron chi connectivity index (χ2n) is 5.95. The third-order valence-electron chi connectivity index (χ3n) is 3.97. The number of pyridine rings is 2. The highest BCUT2D eigenvalue weighted by molar-refractivity contribution is 5.92. The van der Waals surface area contributed by atoms with Crippen LogP contribution in [-0.2, 0) is 13.0 Å². The summed E-state index contributed by atoms with van der Waals surface area (Å²) in [6.07, 6.45) is 5.47. The van der Waals surface area contributed by atoms with Gasteiger partial charge in [0, 0.05) is 12.7 Å². The Hall–Kier alpha value is -3.21. The summed E-state index contributed by atoms with van der Waals surface area (Å²) >= 11 is 0. The highest BCUT2D eigenvalue weighted by atomic mass is 16.1. The molecule has 0 atom stereocenters. The van der Waals surface area contributed by atoms with E-state index < -0.39 is 0 Å². The normalized spacial score (nSPS) is 10.3. The Kier molecular flexibility index (Phi) is 6.31. The molecule has 0 fully saturated rings. The number of nitrogens with one attached hydrogen (secondary N) is 2. The average molecular weight is 346 g/mol. The standard InChI is InChI=1S/C21H22N4O/c26-21(25-16-18-10-4-5-13-22-18)20-12-11-19(15-24-20)23-14-6-9-17-7-2-1-3-8-17/h1-5,7-8,10-13,15,23H,6,9,14,16H2,(H,25,26). The molecule has 0 aliphatic rings. The van der Waals surface area contributed by atoms with Crippen LogP contribution in [0.4, 0.5) is 5.69 Å². The van der Waals surface area contributed by atoms with E-state index in [2.05, 4.69) is 44.9 Å². The maximum atomic E-state index is 12.1. The maximum absolute atomic E-state index is 12.1. The molecule has 3 aromatic rings. The van der Waals surface area contributed by atoms with Gasteiger partial charge in [0.2, 0.25) is 0 Å². The molecule has 2 heterocycles. The quantitative estimate of drug-likeness (QED) is 0.613. The van der Waals surface area contributed by atoms with Crippen molar-refractivity contribution < 1.29 is 4.79 Å². The van der Waals surface area contributed by atoms with Gasteiger partial charge in [0.1, 0.15) is 5.69 Å². The lowest BCUT2D eigenvalue weighted by Crippen LogP contribution is -2.24. The molecule has 5 heteroatoms. The Labute approximate surface area is 153 Å². The number of amides is 1. The Morgan fingerprint density at radius 1 is 0.923 bits per heavy atom. The lowest BCUT2D eigenvalue weighted by molar-refractivity contribution is 0.0945. The minimum Gasteiger partial charge on any atom is -0.384 e. The Morgan fingerprint density at radius 2 is 1.77 bits per heavy atom. The van der Waals surface area contributed by atoms with Crippen molar-refractivity contribution in [2.75, 3.05) is 11.9 Å². The van der Waals surface area contributed by atoms with Gasteiger partial charge in [-0.1, -0.05) is 36.4 Å². The lowest BCUT2D eigenvalue weighted by Gasteiger charge is -2.08. The lowest BCUT2D eigenvalue weighted by atomic mass is 10.1. The van der Waals surface area contributed by atoms with Crippen LogP contribution in [0.25, 0.3) is 0 Å². The summed E-state index contributed by atoms with van der Waals surface area (Å²) in [5.74, 6) is -0.203. The van der Waals surface area contributed by atoms with Crippen LogP contribution in [0.1, 0.15) is 28.2 Å². The van der Waals surface area contributed by atoms with Crippen LogP contribution in [0, 0.1) is 0 Å². The van der Waals surface area contributed by atoms with E-state index in [-0.39, 0.29) is 5.91 Å². The average Bonchev–Trinajstić information content (AvgIpc) is 2.71. The Morgan fingerprint density at radius 3 is 2.50 bits per heavy atom. The molecular formula is C21H22N4O. The highest BCUT2D eigenvalue weighted by Crippen LogP contribution is 2.08. The Balaban J connectivity index is 1.42. The van der Waals surface area contributed by atoms with Crippen molar-refractivity contribution in [1.29, 1.82) is 0 Å². The topological polar surface area (TPSA) is 66.9 Å². The second kappa shape index (κ2) is 9.32. The summed E-state index contributed by atoms with van der Waals surface area (Å²) in [7, 11) is 0. The van der Waals surface area contributed by atoms with E-state index in [9.17, 15) is 4.79 Å². The number of anilines is 1. The van der Waals surface area contributed by atoms with Crippen LogP contribution in [0.15, 0.2) is 73.1 Å². The zero-order valence-electron chi connectivity index (χ0n) is 14.6. The molecule has 0 aliphatic heterocycles. The molecule has 0 unspecified atom stereocenters. The fraction of sp³-hybridized carbons (Fsp3) is 0.190. The molecule has 0 spiro atoms. The molecule has 1 aromatic carbocycles. The molecule has 3 rings (SSSR count). The summed E-state index contributed by atoms with van der Waals surface area (Å²) in [5, 5.41) is 6.16. The predicted octanol–water partition coefficient (Wildman–Crippen LogP) is 3.45. The Bertz CT molecular complexity index is 804. The number of carbonyl (C=O) groups excluding carboxylic acids is 1. The molecule has 0 saturated carbocycles. The molecule has 2 aromatic heterocycles. The van der Waals surface area contributed by atoms with Crippen molar-refractivity contribution in [3.63, 3.8) is 0 Å². The van der Waals surface area contributed by atoms with E-state index in [1.165, 1.54) is 5.56 Å². The number of benzene rings is 1. The SMILES string of the molecule is O=C(NCc1ccccn1)c1ccc(NCCCc2ccccc2)cn1. The van der Waals surface area contributed by atoms with Gasteiger partial charge in [-0.25, -0.2) is 4.98 Å². The van der Waals surface area contributed by atoms with Gasteiger partial charge in [-0.3, -0.25) is 9.78 Å². The minimum absolute atomic E-state index is 0.203. The number of aromatic nitrogens is 2. The number of hydrogen-bond donors (Lipinski definition) is 2. The van der Waals surface area contributed by atoms with Crippen molar-refractivity contribution in [2.24, 2.45) is 0 Å². The number of hydrogen-bond acceptors (Lipinski definition) is 4. The van der Waals surface area contributed by atoms with Crippen molar-refractivity contribution in [1.82, 2.24) is 15.3 Å². The molecule has 0 bridgehead atoms. The van der Waals surface area contributed by atoms with Gasteiger partial charge in [-0.05, 0) is 42.7 Å². The molecule has 132 valence electrons. The minimum atomic E-state index is -0.203. The highest BCUT2D eigenvalue weighted by Gasteiger charge is 2.07. The number of nitrogens with zero attached hydrogens (tertiary/aromatic N) is 2. The number of carbonyl (C=O) groups is 1. The van der Waals surface area contributed by atoms with Gasteiger partial charge in [-0.2, -0.15) is 0 Å². The summed E-state index contributed by atoms with van der Waals surface area (Å²) in [6.45, 7) is 1.25. The van der Waals surface area contributed by atoms with Crippen LogP contribution in [0.5, 0.6) is 0 Å². The smallest absolute Gasteiger partial charge is 0.270 e. The number of rotatable bonds is 8. The van der Waals surface area contributed by atoms with Crippen molar-refractivity contribution >= 4 is 11.6 Å². The molecule has 1 amide bonds. The summed E-state index contributed by atoms with van der Waals surface area (Å²) in [6, 6.07) is 19.6. The van der Waals surface area contributed by atoms with Gasteiger partial charge in [0.15, 0.2) is 0 Å². The molecule has 2 N–H and O–H groups in total. The first-order valence-corrected chi connectivity index (χ1v) is 8.73. The zero-order valence-corrected chi connectivity index (χ0v) is 14.6. The van der Waals surface area contributed by atoms with Gasteiger partial charge in [0.05, 0.1) is 24.1 Å². The molecule has 5 nitrogen and oxygen atoms in total. The van der Waals surface area contributed by atoms with Crippen LogP contribution in [-0.4, -0.2) is 22.4 Å². The molecular weight excluding hydrogens is 324 g/mol. The molecule has 26 heavy (non-hydrogen) atoms. The van der Waals surface area contributed by atoms with Crippen LogP contribution < -0.4 is 10.6 Å². The van der Waals surface area contributed by atoms with Crippen LogP contribution in [0.3, 0.4) is 0 Å². The van der Waals surface area contributed by atoms with E-state index in [4.69, 9.17) is 0 Å². The van der Waals surface area contributed by atoms with Crippen LogP contribution >= 0.6 is 0 Å². The third-order valence-corrected chi connectivity index (χ3v) is 3.97. The largest absolute Gasteiger partial charge is 0.384 e. The monoisotopic (exact) mass is 346 g/mol. The van der Waals surface area contributed by atoms with E-state index in [1.54, 1.807) is 18.5 Å². The second-order valence-corrected chi connectivity index (χ2v) is 5.95. The summed E-state index contributed by atoms with van der Waals surface area (Å²) in [5.41, 5.74) is 3.47. The predicted molar refractivity (Wildman–Crippen MR) is 103 cm³/mol. The van der Waals surface area contributed by atoms with Crippen molar-refractivity contribution in [3.8, 4) is 0 Å². The number of aryl methyl sites for hydroxylation is 1. The fourth-order valence-corrected chi connectivity index (χ4v) is 2.57. The first-order valence-electron chi connectivity index (χ1n) is 8.73. The van der Waals surface area contributed by atoms with Gasteiger partial charge in [-0.15, -0.1) is 0 Å². The van der Waals surface area contributed by atoms with Crippen molar-refractivity contribution in [2.45, 2.75) is 19.4 Å². The first-order chi connectivity index (χ1) is 12.8.